The first-order chi connectivity index (χ1) is 9.50. The van der Waals surface area contributed by atoms with Gasteiger partial charge in [0.1, 0.15) is 5.69 Å². The Morgan fingerprint density at radius 1 is 1.10 bits per heavy atom. The smallest absolute Gasteiger partial charge is 0.352 e. The van der Waals surface area contributed by atoms with E-state index in [4.69, 9.17) is 5.11 Å². The zero-order chi connectivity index (χ0) is 14.4. The number of hydrogen-bond donors (Lipinski definition) is 1. The Morgan fingerprint density at radius 2 is 1.80 bits per heavy atom. The molecule has 1 saturated carbocycles. The number of carboxylic acids is 1. The van der Waals surface area contributed by atoms with Crippen LogP contribution < -0.4 is 0 Å². The Morgan fingerprint density at radius 3 is 2.40 bits per heavy atom. The van der Waals surface area contributed by atoms with Gasteiger partial charge < -0.3 is 9.67 Å². The van der Waals surface area contributed by atoms with E-state index < -0.39 is 23.4 Å². The van der Waals surface area contributed by atoms with Crippen LogP contribution in [-0.2, 0) is 0 Å². The normalized spacial score (nSPS) is 14.6. The molecule has 20 heavy (non-hydrogen) atoms. The fourth-order valence-corrected chi connectivity index (χ4v) is 2.29. The van der Waals surface area contributed by atoms with Gasteiger partial charge >= 0.3 is 5.97 Å². The molecule has 1 aliphatic rings. The van der Waals surface area contributed by atoms with Crippen LogP contribution in [0.3, 0.4) is 0 Å². The maximum absolute atomic E-state index is 13.8. The summed E-state index contributed by atoms with van der Waals surface area (Å²) in [7, 11) is 0. The lowest BCUT2D eigenvalue weighted by Gasteiger charge is -2.11. The lowest BCUT2D eigenvalue weighted by Crippen LogP contribution is -2.09. The van der Waals surface area contributed by atoms with Crippen molar-refractivity contribution in [3.63, 3.8) is 0 Å². The number of carboxylic acid groups (broad SMARTS) is 1. The van der Waals surface area contributed by atoms with E-state index in [-0.39, 0.29) is 23.0 Å². The summed E-state index contributed by atoms with van der Waals surface area (Å²) in [6.45, 7) is 0. The van der Waals surface area contributed by atoms with Crippen LogP contribution in [0.15, 0.2) is 24.3 Å². The maximum atomic E-state index is 13.8. The molecule has 0 amide bonds. The number of aromatic carboxylic acids is 1. The first kappa shape index (κ1) is 12.8. The fraction of sp³-hybridized carbons (Fsp3) is 0.214. The van der Waals surface area contributed by atoms with Crippen molar-refractivity contribution >= 4 is 5.97 Å². The van der Waals surface area contributed by atoms with Gasteiger partial charge in [-0.25, -0.2) is 18.0 Å². The highest BCUT2D eigenvalue weighted by Gasteiger charge is 2.31. The van der Waals surface area contributed by atoms with Crippen LogP contribution in [0.5, 0.6) is 0 Å². The molecule has 0 aliphatic heterocycles. The standard InChI is InChI=1S/C14H10F3NO2/c15-9-4-3-8(12(16)13(9)17)10-5-6-11(14(19)20)18(10)7-1-2-7/h3-7H,1-2H2,(H,19,20). The second-order valence-corrected chi connectivity index (χ2v) is 4.73. The van der Waals surface area contributed by atoms with E-state index in [1.807, 2.05) is 0 Å². The Hall–Kier alpha value is -2.24. The monoisotopic (exact) mass is 281 g/mol. The lowest BCUT2D eigenvalue weighted by molar-refractivity contribution is 0.0685. The van der Waals surface area contributed by atoms with Crippen molar-refractivity contribution in [2.75, 3.05) is 0 Å². The molecule has 1 heterocycles. The Bertz CT molecular complexity index is 705. The van der Waals surface area contributed by atoms with Crippen molar-refractivity contribution in [2.24, 2.45) is 0 Å². The number of halogens is 3. The quantitative estimate of drug-likeness (QED) is 0.873. The summed E-state index contributed by atoms with van der Waals surface area (Å²) in [6, 6.07) is 4.68. The van der Waals surface area contributed by atoms with E-state index in [2.05, 4.69) is 0 Å². The molecule has 0 saturated heterocycles. The van der Waals surface area contributed by atoms with Crippen molar-refractivity contribution in [2.45, 2.75) is 18.9 Å². The average molecular weight is 281 g/mol. The first-order valence-corrected chi connectivity index (χ1v) is 6.09. The summed E-state index contributed by atoms with van der Waals surface area (Å²) in [5.74, 6) is -5.26. The molecule has 0 radical (unpaired) electrons. The summed E-state index contributed by atoms with van der Waals surface area (Å²) < 4.78 is 41.6. The third-order valence-electron chi connectivity index (χ3n) is 3.36. The molecule has 0 bridgehead atoms. The molecule has 3 nitrogen and oxygen atoms in total. The lowest BCUT2D eigenvalue weighted by atomic mass is 10.1. The molecule has 2 aromatic rings. The molecule has 6 heteroatoms. The van der Waals surface area contributed by atoms with Gasteiger partial charge in [-0.3, -0.25) is 0 Å². The summed E-state index contributed by atoms with van der Waals surface area (Å²) >= 11 is 0. The van der Waals surface area contributed by atoms with Crippen LogP contribution in [0.2, 0.25) is 0 Å². The SMILES string of the molecule is O=C(O)c1ccc(-c2ccc(F)c(F)c2F)n1C1CC1. The van der Waals surface area contributed by atoms with Crippen LogP contribution >= 0.6 is 0 Å². The summed E-state index contributed by atoms with van der Waals surface area (Å²) in [6.07, 6.45) is 1.57. The van der Waals surface area contributed by atoms with Gasteiger partial charge in [-0.15, -0.1) is 0 Å². The zero-order valence-corrected chi connectivity index (χ0v) is 10.2. The molecule has 3 rings (SSSR count). The molecule has 0 atom stereocenters. The molecule has 1 aromatic heterocycles. The van der Waals surface area contributed by atoms with Gasteiger partial charge in [-0.1, -0.05) is 0 Å². The van der Waals surface area contributed by atoms with E-state index in [1.54, 1.807) is 0 Å². The molecule has 0 unspecified atom stereocenters. The third kappa shape index (κ3) is 1.88. The van der Waals surface area contributed by atoms with E-state index in [0.29, 0.717) is 0 Å². The Balaban J connectivity index is 2.20. The molecule has 1 aliphatic carbocycles. The van der Waals surface area contributed by atoms with Crippen molar-refractivity contribution < 1.29 is 23.1 Å². The highest BCUT2D eigenvalue weighted by Crippen LogP contribution is 2.41. The predicted molar refractivity (Wildman–Crippen MR) is 65.0 cm³/mol. The molecule has 1 N–H and O–H groups in total. The Kier molecular flexibility index (Phi) is 2.81. The minimum atomic E-state index is -1.55. The molecular formula is C14H10F3NO2. The number of hydrogen-bond acceptors (Lipinski definition) is 1. The van der Waals surface area contributed by atoms with Gasteiger partial charge in [-0.05, 0) is 37.1 Å². The average Bonchev–Trinajstić information content (AvgIpc) is 3.15. The summed E-state index contributed by atoms with van der Waals surface area (Å²) in [5.41, 5.74) is 0.135. The van der Waals surface area contributed by atoms with E-state index in [9.17, 15) is 18.0 Å². The van der Waals surface area contributed by atoms with Crippen molar-refractivity contribution in [3.8, 4) is 11.3 Å². The number of aromatic nitrogens is 1. The molecule has 1 aromatic carbocycles. The molecule has 104 valence electrons. The van der Waals surface area contributed by atoms with E-state index in [0.717, 1.165) is 25.0 Å². The highest BCUT2D eigenvalue weighted by atomic mass is 19.2. The van der Waals surface area contributed by atoms with Crippen LogP contribution in [0, 0.1) is 17.5 Å². The van der Waals surface area contributed by atoms with Crippen molar-refractivity contribution in [1.82, 2.24) is 4.57 Å². The summed E-state index contributed by atoms with van der Waals surface area (Å²) in [5, 5.41) is 9.12. The largest absolute Gasteiger partial charge is 0.477 e. The van der Waals surface area contributed by atoms with Gasteiger partial charge in [0, 0.05) is 11.6 Å². The molecule has 0 spiro atoms. The van der Waals surface area contributed by atoms with Gasteiger partial charge in [0.05, 0.1) is 5.69 Å². The van der Waals surface area contributed by atoms with Crippen molar-refractivity contribution in [1.29, 1.82) is 0 Å². The minimum absolute atomic E-state index is 0.0200. The fourth-order valence-electron chi connectivity index (χ4n) is 2.29. The number of rotatable bonds is 3. The number of benzene rings is 1. The minimum Gasteiger partial charge on any atom is -0.477 e. The summed E-state index contributed by atoms with van der Waals surface area (Å²) in [4.78, 5) is 11.2. The first-order valence-electron chi connectivity index (χ1n) is 6.09. The zero-order valence-electron chi connectivity index (χ0n) is 10.2. The predicted octanol–water partition coefficient (Wildman–Crippen LogP) is 3.61. The molecule has 1 fully saturated rings. The van der Waals surface area contributed by atoms with Crippen LogP contribution in [0.4, 0.5) is 13.2 Å². The molecular weight excluding hydrogens is 271 g/mol. The maximum Gasteiger partial charge on any atom is 0.352 e. The van der Waals surface area contributed by atoms with Gasteiger partial charge in [0.25, 0.3) is 0 Å². The van der Waals surface area contributed by atoms with Gasteiger partial charge in [0.15, 0.2) is 17.5 Å². The highest BCUT2D eigenvalue weighted by molar-refractivity contribution is 5.87. The van der Waals surface area contributed by atoms with E-state index >= 15 is 0 Å². The number of nitrogens with zero attached hydrogens (tertiary/aromatic N) is 1. The van der Waals surface area contributed by atoms with E-state index in [1.165, 1.54) is 16.7 Å². The van der Waals surface area contributed by atoms with Crippen LogP contribution in [-0.4, -0.2) is 15.6 Å². The third-order valence-corrected chi connectivity index (χ3v) is 3.36. The van der Waals surface area contributed by atoms with Crippen LogP contribution in [0.1, 0.15) is 29.4 Å². The number of carbonyl (C=O) groups is 1. The Labute approximate surface area is 112 Å². The van der Waals surface area contributed by atoms with Crippen LogP contribution in [0.25, 0.3) is 11.3 Å². The van der Waals surface area contributed by atoms with Gasteiger partial charge in [0.2, 0.25) is 0 Å². The van der Waals surface area contributed by atoms with Gasteiger partial charge in [-0.2, -0.15) is 0 Å². The topological polar surface area (TPSA) is 42.2 Å². The second kappa shape index (κ2) is 4.40. The second-order valence-electron chi connectivity index (χ2n) is 4.73. The van der Waals surface area contributed by atoms with Crippen molar-refractivity contribution in [3.05, 3.63) is 47.4 Å².